The maximum atomic E-state index is 5.23. The van der Waals surface area contributed by atoms with Gasteiger partial charge in [-0.25, -0.2) is 4.99 Å². The van der Waals surface area contributed by atoms with Crippen molar-refractivity contribution in [1.82, 2.24) is 0 Å². The maximum Gasteiger partial charge on any atom is 0.246 e. The van der Waals surface area contributed by atoms with Gasteiger partial charge in [0.25, 0.3) is 0 Å². The molecule has 0 spiro atoms. The van der Waals surface area contributed by atoms with E-state index in [1.54, 1.807) is 0 Å². The van der Waals surface area contributed by atoms with Crippen molar-refractivity contribution in [1.29, 1.82) is 0 Å². The lowest BCUT2D eigenvalue weighted by Crippen LogP contribution is -2.14. The molecule has 3 nitrogen and oxygen atoms in total. The number of hydrogen-bond donors (Lipinski definition) is 0. The van der Waals surface area contributed by atoms with Gasteiger partial charge in [0, 0.05) is 0 Å². The largest absolute Gasteiger partial charge is 0.471 e. The van der Waals surface area contributed by atoms with Crippen LogP contribution in [0, 0.1) is 12.3 Å². The Balaban J connectivity index is 2.19. The lowest BCUT2D eigenvalue weighted by Gasteiger charge is -2.02. The van der Waals surface area contributed by atoms with E-state index >= 15 is 0 Å². The van der Waals surface area contributed by atoms with Crippen molar-refractivity contribution in [2.24, 2.45) is 4.99 Å². The monoisotopic (exact) mass is 185 g/mol. The fourth-order valence-electron chi connectivity index (χ4n) is 0.842. The average Bonchev–Trinajstić information content (AvgIpc) is 2.53. The van der Waals surface area contributed by atoms with Crippen molar-refractivity contribution in [3.8, 4) is 12.3 Å². The van der Waals surface area contributed by atoms with E-state index in [1.165, 1.54) is 11.8 Å². The molecule has 66 valence electrons. The third kappa shape index (κ3) is 2.76. The molecule has 1 unspecified atom stereocenters. The van der Waals surface area contributed by atoms with Crippen LogP contribution < -0.4 is 0 Å². The molecule has 0 N–H and O–H groups in total. The van der Waals surface area contributed by atoms with Crippen LogP contribution in [0.3, 0.4) is 0 Å². The summed E-state index contributed by atoms with van der Waals surface area (Å²) in [5.74, 6) is 2.40. The van der Waals surface area contributed by atoms with Crippen molar-refractivity contribution in [2.75, 3.05) is 26.1 Å². The molecule has 1 aliphatic rings. The first-order chi connectivity index (χ1) is 5.86. The third-order valence-electron chi connectivity index (χ3n) is 1.36. The minimum atomic E-state index is 0.126. The van der Waals surface area contributed by atoms with E-state index in [-0.39, 0.29) is 6.04 Å². The molecule has 1 atom stereocenters. The van der Waals surface area contributed by atoms with Gasteiger partial charge in [0.1, 0.15) is 19.3 Å². The van der Waals surface area contributed by atoms with Gasteiger partial charge < -0.3 is 9.47 Å². The molecule has 12 heavy (non-hydrogen) atoms. The SMILES string of the molecule is C#CCOCC1COC(SC)=N1. The molecule has 0 bridgehead atoms. The second kappa shape index (κ2) is 5.07. The zero-order valence-electron chi connectivity index (χ0n) is 6.95. The maximum absolute atomic E-state index is 5.23. The molecule has 1 aliphatic heterocycles. The summed E-state index contributed by atoms with van der Waals surface area (Å²) in [6, 6.07) is 0.126. The molecular weight excluding hydrogens is 174 g/mol. The molecule has 4 heteroatoms. The molecule has 0 saturated heterocycles. The molecule has 0 fully saturated rings. The molecule has 0 saturated carbocycles. The number of aliphatic imine (C=N–C) groups is 1. The quantitative estimate of drug-likeness (QED) is 0.480. The number of hydrogen-bond acceptors (Lipinski definition) is 4. The molecular formula is C8H11NO2S. The van der Waals surface area contributed by atoms with Gasteiger partial charge in [-0.1, -0.05) is 17.7 Å². The van der Waals surface area contributed by atoms with Crippen molar-refractivity contribution in [3.63, 3.8) is 0 Å². The molecule has 0 aliphatic carbocycles. The number of thioether (sulfide) groups is 1. The first-order valence-electron chi connectivity index (χ1n) is 3.62. The summed E-state index contributed by atoms with van der Waals surface area (Å²) in [4.78, 5) is 4.24. The van der Waals surface area contributed by atoms with E-state index in [2.05, 4.69) is 10.9 Å². The molecule has 0 amide bonds. The average molecular weight is 185 g/mol. The van der Waals surface area contributed by atoms with Crippen molar-refractivity contribution in [3.05, 3.63) is 0 Å². The summed E-state index contributed by atoms with van der Waals surface area (Å²) in [6.07, 6.45) is 6.95. The lowest BCUT2D eigenvalue weighted by molar-refractivity contribution is 0.140. The van der Waals surface area contributed by atoms with Crippen molar-refractivity contribution >= 4 is 17.0 Å². The fraction of sp³-hybridized carbons (Fsp3) is 0.625. The second-order valence-electron chi connectivity index (χ2n) is 2.28. The van der Waals surface area contributed by atoms with E-state index in [9.17, 15) is 0 Å². The topological polar surface area (TPSA) is 30.8 Å². The minimum absolute atomic E-state index is 0.126. The highest BCUT2D eigenvalue weighted by molar-refractivity contribution is 8.12. The summed E-state index contributed by atoms with van der Waals surface area (Å²) < 4.78 is 10.4. The number of ether oxygens (including phenoxy) is 2. The zero-order chi connectivity index (χ0) is 8.81. The normalized spacial score (nSPS) is 21.3. The van der Waals surface area contributed by atoms with Crippen LogP contribution in [0.25, 0.3) is 0 Å². The van der Waals surface area contributed by atoms with E-state index < -0.39 is 0 Å². The Labute approximate surface area is 76.5 Å². The zero-order valence-corrected chi connectivity index (χ0v) is 7.76. The van der Waals surface area contributed by atoms with Gasteiger partial charge in [-0.3, -0.25) is 0 Å². The highest BCUT2D eigenvalue weighted by Gasteiger charge is 2.17. The first kappa shape index (κ1) is 9.43. The standard InChI is InChI=1S/C8H11NO2S/c1-3-4-10-5-7-6-11-8(9-7)12-2/h1,7H,4-6H2,2H3. The highest BCUT2D eigenvalue weighted by atomic mass is 32.2. The molecule has 0 aromatic carbocycles. The van der Waals surface area contributed by atoms with Gasteiger partial charge in [-0.2, -0.15) is 0 Å². The van der Waals surface area contributed by atoms with Crippen LogP contribution in [0.2, 0.25) is 0 Å². The van der Waals surface area contributed by atoms with E-state index in [0.717, 1.165) is 5.23 Å². The predicted octanol–water partition coefficient (Wildman–Crippen LogP) is 0.754. The molecule has 0 aromatic rings. The fourth-order valence-corrected chi connectivity index (χ4v) is 1.28. The van der Waals surface area contributed by atoms with Gasteiger partial charge in [0.15, 0.2) is 0 Å². The van der Waals surface area contributed by atoms with Crippen LogP contribution in [-0.4, -0.2) is 37.3 Å². The van der Waals surface area contributed by atoms with Crippen molar-refractivity contribution in [2.45, 2.75) is 6.04 Å². The van der Waals surface area contributed by atoms with Crippen LogP contribution in [0.4, 0.5) is 0 Å². The minimum Gasteiger partial charge on any atom is -0.471 e. The summed E-state index contributed by atoms with van der Waals surface area (Å²) in [5.41, 5.74) is 0. The van der Waals surface area contributed by atoms with Crippen LogP contribution in [0.1, 0.15) is 0 Å². The summed E-state index contributed by atoms with van der Waals surface area (Å²) >= 11 is 1.51. The number of rotatable bonds is 3. The Hall–Kier alpha value is -0.660. The van der Waals surface area contributed by atoms with Crippen LogP contribution >= 0.6 is 11.8 Å². The van der Waals surface area contributed by atoms with Gasteiger partial charge in [0.05, 0.1) is 6.61 Å². The number of terminal acetylenes is 1. The molecule has 0 aromatic heterocycles. The Morgan fingerprint density at radius 3 is 3.33 bits per heavy atom. The summed E-state index contributed by atoms with van der Waals surface area (Å²) in [7, 11) is 0. The summed E-state index contributed by atoms with van der Waals surface area (Å²) in [6.45, 7) is 1.51. The Morgan fingerprint density at radius 2 is 2.75 bits per heavy atom. The Kier molecular flexibility index (Phi) is 3.98. The van der Waals surface area contributed by atoms with E-state index in [1.807, 2.05) is 6.26 Å². The van der Waals surface area contributed by atoms with Crippen LogP contribution in [-0.2, 0) is 9.47 Å². The Morgan fingerprint density at radius 1 is 1.92 bits per heavy atom. The predicted molar refractivity (Wildman–Crippen MR) is 50.3 cm³/mol. The van der Waals surface area contributed by atoms with Gasteiger partial charge >= 0.3 is 0 Å². The lowest BCUT2D eigenvalue weighted by atomic mass is 10.4. The Bertz CT molecular complexity index is 210. The highest BCUT2D eigenvalue weighted by Crippen LogP contribution is 2.11. The molecule has 0 radical (unpaired) electrons. The van der Waals surface area contributed by atoms with Gasteiger partial charge in [-0.15, -0.1) is 6.42 Å². The van der Waals surface area contributed by atoms with Gasteiger partial charge in [0.2, 0.25) is 5.23 Å². The van der Waals surface area contributed by atoms with Crippen LogP contribution in [0.5, 0.6) is 0 Å². The van der Waals surface area contributed by atoms with Crippen molar-refractivity contribution < 1.29 is 9.47 Å². The number of nitrogens with zero attached hydrogens (tertiary/aromatic N) is 1. The van der Waals surface area contributed by atoms with E-state index in [0.29, 0.717) is 19.8 Å². The third-order valence-corrected chi connectivity index (χ3v) is 1.93. The second-order valence-corrected chi connectivity index (χ2v) is 3.04. The summed E-state index contributed by atoms with van der Waals surface area (Å²) in [5, 5.41) is 0.740. The smallest absolute Gasteiger partial charge is 0.246 e. The first-order valence-corrected chi connectivity index (χ1v) is 4.85. The van der Waals surface area contributed by atoms with E-state index in [4.69, 9.17) is 15.9 Å². The van der Waals surface area contributed by atoms with Gasteiger partial charge in [-0.05, 0) is 6.26 Å². The molecule has 1 heterocycles. The molecule has 1 rings (SSSR count). The van der Waals surface area contributed by atoms with Crippen LogP contribution in [0.15, 0.2) is 4.99 Å².